The Labute approximate surface area is 103 Å². The van der Waals surface area contributed by atoms with Crippen molar-refractivity contribution in [3.63, 3.8) is 0 Å². The molecule has 16 heavy (non-hydrogen) atoms. The maximum absolute atomic E-state index is 3.55. The molecule has 0 aliphatic carbocycles. The monoisotopic (exact) mass is 228 g/mol. The number of nitrogens with one attached hydrogen (secondary N) is 1. The lowest BCUT2D eigenvalue weighted by atomic mass is 9.84. The zero-order valence-electron chi connectivity index (χ0n) is 12.4. The maximum atomic E-state index is 3.55. The second-order valence-corrected chi connectivity index (χ2v) is 5.59. The minimum atomic E-state index is 0.329. The van der Waals surface area contributed by atoms with E-state index in [0.717, 1.165) is 13.1 Å². The number of hydrogen-bond donors (Lipinski definition) is 1. The standard InChI is InChI=1S/C14H32N2/c1-8-12(4)16(10-3)11-14(6,7)13(5)15-9-2/h12-13,15H,8-11H2,1-7H3. The SMILES string of the molecule is CCNC(C)C(C)(C)CN(CC)C(C)CC. The van der Waals surface area contributed by atoms with Gasteiger partial charge in [-0.1, -0.05) is 34.6 Å². The predicted molar refractivity (Wildman–Crippen MR) is 73.9 cm³/mol. The maximum Gasteiger partial charge on any atom is 0.0102 e. The molecule has 2 unspecified atom stereocenters. The molecule has 0 amide bonds. The van der Waals surface area contributed by atoms with Crippen LogP contribution in [0, 0.1) is 5.41 Å². The van der Waals surface area contributed by atoms with E-state index < -0.39 is 0 Å². The summed E-state index contributed by atoms with van der Waals surface area (Å²) in [7, 11) is 0. The molecule has 0 heterocycles. The molecule has 2 nitrogen and oxygen atoms in total. The number of hydrogen-bond acceptors (Lipinski definition) is 2. The van der Waals surface area contributed by atoms with Crippen molar-refractivity contribution in [2.75, 3.05) is 19.6 Å². The Morgan fingerprint density at radius 3 is 2.06 bits per heavy atom. The van der Waals surface area contributed by atoms with Crippen molar-refractivity contribution in [1.82, 2.24) is 10.2 Å². The molecule has 1 N–H and O–H groups in total. The summed E-state index contributed by atoms with van der Waals surface area (Å²) in [6, 6.07) is 1.26. The van der Waals surface area contributed by atoms with Gasteiger partial charge in [-0.2, -0.15) is 0 Å². The van der Waals surface area contributed by atoms with E-state index in [1.54, 1.807) is 0 Å². The largest absolute Gasteiger partial charge is 0.314 e. The van der Waals surface area contributed by atoms with Crippen molar-refractivity contribution in [2.45, 2.75) is 67.0 Å². The first-order chi connectivity index (χ1) is 7.38. The fourth-order valence-electron chi connectivity index (χ4n) is 2.08. The predicted octanol–water partition coefficient (Wildman–Crippen LogP) is 3.13. The molecule has 0 fully saturated rings. The Bertz CT molecular complexity index is 178. The Morgan fingerprint density at radius 2 is 1.69 bits per heavy atom. The van der Waals surface area contributed by atoms with Crippen molar-refractivity contribution in [3.05, 3.63) is 0 Å². The van der Waals surface area contributed by atoms with Crippen molar-refractivity contribution in [1.29, 1.82) is 0 Å². The zero-order chi connectivity index (χ0) is 12.8. The summed E-state index contributed by atoms with van der Waals surface area (Å²) in [6.07, 6.45) is 1.24. The van der Waals surface area contributed by atoms with E-state index in [1.807, 2.05) is 0 Å². The normalized spacial score (nSPS) is 16.5. The second kappa shape index (κ2) is 7.29. The smallest absolute Gasteiger partial charge is 0.0102 e. The van der Waals surface area contributed by atoms with Crippen molar-refractivity contribution in [2.24, 2.45) is 5.41 Å². The van der Waals surface area contributed by atoms with Crippen LogP contribution in [0.4, 0.5) is 0 Å². The van der Waals surface area contributed by atoms with Gasteiger partial charge >= 0.3 is 0 Å². The van der Waals surface area contributed by atoms with E-state index in [1.165, 1.54) is 13.0 Å². The van der Waals surface area contributed by atoms with Crippen molar-refractivity contribution < 1.29 is 0 Å². The lowest BCUT2D eigenvalue weighted by Crippen LogP contribution is -2.48. The molecule has 0 aliphatic rings. The lowest BCUT2D eigenvalue weighted by Gasteiger charge is -2.39. The Morgan fingerprint density at radius 1 is 1.12 bits per heavy atom. The van der Waals surface area contributed by atoms with Crippen LogP contribution in [0.3, 0.4) is 0 Å². The van der Waals surface area contributed by atoms with Crippen molar-refractivity contribution in [3.8, 4) is 0 Å². The first-order valence-electron chi connectivity index (χ1n) is 6.86. The van der Waals surface area contributed by atoms with Crippen LogP contribution in [0.15, 0.2) is 0 Å². The van der Waals surface area contributed by atoms with E-state index in [0.29, 0.717) is 17.5 Å². The minimum absolute atomic E-state index is 0.329. The molecule has 0 saturated heterocycles. The van der Waals surface area contributed by atoms with Gasteiger partial charge in [-0.3, -0.25) is 0 Å². The summed E-state index contributed by atoms with van der Waals surface area (Å²) in [5.74, 6) is 0. The van der Waals surface area contributed by atoms with E-state index in [2.05, 4.69) is 58.7 Å². The Hall–Kier alpha value is -0.0800. The molecule has 0 radical (unpaired) electrons. The van der Waals surface area contributed by atoms with Crippen LogP contribution in [-0.2, 0) is 0 Å². The third kappa shape index (κ3) is 4.84. The van der Waals surface area contributed by atoms with Crippen LogP contribution in [0.2, 0.25) is 0 Å². The summed E-state index contributed by atoms with van der Waals surface area (Å²) in [5, 5.41) is 3.55. The van der Waals surface area contributed by atoms with Crippen LogP contribution in [-0.4, -0.2) is 36.6 Å². The Kier molecular flexibility index (Phi) is 7.25. The zero-order valence-corrected chi connectivity index (χ0v) is 12.4. The average molecular weight is 228 g/mol. The fraction of sp³-hybridized carbons (Fsp3) is 1.00. The van der Waals surface area contributed by atoms with Gasteiger partial charge in [0.15, 0.2) is 0 Å². The molecule has 0 bridgehead atoms. The number of nitrogens with zero attached hydrogens (tertiary/aromatic N) is 1. The molecular formula is C14H32N2. The topological polar surface area (TPSA) is 15.3 Å². The van der Waals surface area contributed by atoms with Crippen LogP contribution >= 0.6 is 0 Å². The van der Waals surface area contributed by atoms with Gasteiger partial charge in [0.2, 0.25) is 0 Å². The lowest BCUT2D eigenvalue weighted by molar-refractivity contribution is 0.115. The highest BCUT2D eigenvalue weighted by molar-refractivity contribution is 4.84. The van der Waals surface area contributed by atoms with Gasteiger partial charge in [0.25, 0.3) is 0 Å². The molecule has 0 aromatic heterocycles. The highest BCUT2D eigenvalue weighted by Gasteiger charge is 2.28. The van der Waals surface area contributed by atoms with E-state index in [9.17, 15) is 0 Å². The average Bonchev–Trinajstić information content (AvgIpc) is 2.25. The summed E-state index contributed by atoms with van der Waals surface area (Å²) < 4.78 is 0. The van der Waals surface area contributed by atoms with Gasteiger partial charge in [0.1, 0.15) is 0 Å². The van der Waals surface area contributed by atoms with Gasteiger partial charge in [0, 0.05) is 18.6 Å². The summed E-state index contributed by atoms with van der Waals surface area (Å²) in [5.41, 5.74) is 0.329. The first-order valence-corrected chi connectivity index (χ1v) is 6.86. The molecule has 0 spiro atoms. The third-order valence-corrected chi connectivity index (χ3v) is 3.91. The molecular weight excluding hydrogens is 196 g/mol. The third-order valence-electron chi connectivity index (χ3n) is 3.91. The highest BCUT2D eigenvalue weighted by atomic mass is 15.2. The Balaban J connectivity index is 4.40. The quantitative estimate of drug-likeness (QED) is 0.686. The van der Waals surface area contributed by atoms with Gasteiger partial charge in [-0.25, -0.2) is 0 Å². The summed E-state index contributed by atoms with van der Waals surface area (Å²) in [4.78, 5) is 2.59. The molecule has 98 valence electrons. The van der Waals surface area contributed by atoms with Crippen LogP contribution in [0.1, 0.15) is 54.9 Å². The number of rotatable bonds is 8. The van der Waals surface area contributed by atoms with Crippen LogP contribution in [0.5, 0.6) is 0 Å². The summed E-state index contributed by atoms with van der Waals surface area (Å²) >= 11 is 0. The van der Waals surface area contributed by atoms with Gasteiger partial charge in [0.05, 0.1) is 0 Å². The highest BCUT2D eigenvalue weighted by Crippen LogP contribution is 2.23. The molecule has 0 aromatic carbocycles. The van der Waals surface area contributed by atoms with E-state index in [-0.39, 0.29) is 0 Å². The van der Waals surface area contributed by atoms with Crippen LogP contribution < -0.4 is 5.32 Å². The molecule has 0 saturated carbocycles. The molecule has 2 heteroatoms. The first kappa shape index (κ1) is 15.9. The van der Waals surface area contributed by atoms with Gasteiger partial charge < -0.3 is 10.2 Å². The molecule has 0 rings (SSSR count). The molecule has 0 aliphatic heterocycles. The van der Waals surface area contributed by atoms with E-state index in [4.69, 9.17) is 0 Å². The fourth-order valence-corrected chi connectivity index (χ4v) is 2.08. The summed E-state index contributed by atoms with van der Waals surface area (Å²) in [6.45, 7) is 19.5. The van der Waals surface area contributed by atoms with Gasteiger partial charge in [-0.05, 0) is 38.8 Å². The van der Waals surface area contributed by atoms with Crippen molar-refractivity contribution >= 4 is 0 Å². The van der Waals surface area contributed by atoms with E-state index >= 15 is 0 Å². The molecule has 2 atom stereocenters. The van der Waals surface area contributed by atoms with Gasteiger partial charge in [-0.15, -0.1) is 0 Å². The molecule has 0 aromatic rings. The minimum Gasteiger partial charge on any atom is -0.314 e. The van der Waals surface area contributed by atoms with Crippen LogP contribution in [0.25, 0.3) is 0 Å². The second-order valence-electron chi connectivity index (χ2n) is 5.59.